The van der Waals surface area contributed by atoms with E-state index in [-0.39, 0.29) is 30.1 Å². The summed E-state index contributed by atoms with van der Waals surface area (Å²) >= 11 is 0. The third-order valence-electron chi connectivity index (χ3n) is 3.79. The van der Waals surface area contributed by atoms with Crippen LogP contribution in [-0.2, 0) is 17.9 Å². The summed E-state index contributed by atoms with van der Waals surface area (Å²) in [6.07, 6.45) is 4.29. The van der Waals surface area contributed by atoms with Gasteiger partial charge in [-0.25, -0.2) is 9.97 Å². The molecular weight excluding hydrogens is 322 g/mol. The van der Waals surface area contributed by atoms with Crippen molar-refractivity contribution in [3.8, 4) is 0 Å². The van der Waals surface area contributed by atoms with Gasteiger partial charge in [-0.1, -0.05) is 12.1 Å². The summed E-state index contributed by atoms with van der Waals surface area (Å²) in [4.78, 5) is 44.4. The molecule has 1 amide bonds. The fraction of sp³-hybridized carbons (Fsp3) is 0.235. The molecule has 0 saturated carbocycles. The largest absolute Gasteiger partial charge is 0.353 e. The van der Waals surface area contributed by atoms with Gasteiger partial charge in [0.1, 0.15) is 6.54 Å². The lowest BCUT2D eigenvalue weighted by Crippen LogP contribution is -2.35. The van der Waals surface area contributed by atoms with Gasteiger partial charge in [-0.05, 0) is 19.1 Å². The number of benzene rings is 1. The molecule has 0 fully saturated rings. The van der Waals surface area contributed by atoms with Crippen molar-refractivity contribution in [2.24, 2.45) is 0 Å². The number of fused-ring (bicyclic) bond motifs is 1. The van der Waals surface area contributed by atoms with Crippen molar-refractivity contribution in [2.45, 2.75) is 20.0 Å². The summed E-state index contributed by atoms with van der Waals surface area (Å²) < 4.78 is 2.69. The van der Waals surface area contributed by atoms with Crippen molar-refractivity contribution in [1.82, 2.24) is 24.4 Å². The van der Waals surface area contributed by atoms with E-state index in [1.165, 1.54) is 28.0 Å². The molecule has 2 heterocycles. The number of aromatic nitrogens is 4. The van der Waals surface area contributed by atoms with E-state index in [0.29, 0.717) is 23.0 Å². The van der Waals surface area contributed by atoms with Gasteiger partial charge in [-0.15, -0.1) is 0 Å². The maximum Gasteiger partial charge on any atom is 0.261 e. The van der Waals surface area contributed by atoms with E-state index in [0.717, 1.165) is 0 Å². The van der Waals surface area contributed by atoms with E-state index < -0.39 is 0 Å². The lowest BCUT2D eigenvalue weighted by atomic mass is 10.2. The minimum atomic E-state index is -0.326. The van der Waals surface area contributed by atoms with E-state index in [9.17, 15) is 14.4 Å². The molecule has 8 nitrogen and oxygen atoms in total. The first-order chi connectivity index (χ1) is 12.1. The normalized spacial score (nSPS) is 10.8. The number of amides is 1. The SMILES string of the molecule is Cc1cncn(CCNC(=O)Cn2cnc3ccccc3c2=O)c1=O. The number of carbonyl (C=O) groups is 1. The first-order valence-electron chi connectivity index (χ1n) is 7.78. The van der Waals surface area contributed by atoms with Crippen LogP contribution in [0.1, 0.15) is 5.56 Å². The van der Waals surface area contributed by atoms with Crippen molar-refractivity contribution in [3.05, 3.63) is 69.4 Å². The van der Waals surface area contributed by atoms with Gasteiger partial charge in [0.15, 0.2) is 0 Å². The minimum absolute atomic E-state index is 0.127. The van der Waals surface area contributed by atoms with Crippen LogP contribution < -0.4 is 16.4 Å². The van der Waals surface area contributed by atoms with Crippen molar-refractivity contribution < 1.29 is 4.79 Å². The highest BCUT2D eigenvalue weighted by Crippen LogP contribution is 2.04. The molecular formula is C17H17N5O3. The topological polar surface area (TPSA) is 98.9 Å². The van der Waals surface area contributed by atoms with Crippen molar-refractivity contribution in [1.29, 1.82) is 0 Å². The van der Waals surface area contributed by atoms with Crippen LogP contribution in [0.15, 0.2) is 52.7 Å². The number of rotatable bonds is 5. The Labute approximate surface area is 142 Å². The molecule has 128 valence electrons. The fourth-order valence-corrected chi connectivity index (χ4v) is 2.46. The lowest BCUT2D eigenvalue weighted by Gasteiger charge is -2.09. The van der Waals surface area contributed by atoms with Crippen LogP contribution in [-0.4, -0.2) is 31.6 Å². The van der Waals surface area contributed by atoms with Crippen LogP contribution in [0.25, 0.3) is 10.9 Å². The first kappa shape index (κ1) is 16.6. The van der Waals surface area contributed by atoms with Gasteiger partial charge in [0.2, 0.25) is 5.91 Å². The Morgan fingerprint density at radius 2 is 1.92 bits per heavy atom. The molecule has 0 aliphatic carbocycles. The van der Waals surface area contributed by atoms with Crippen molar-refractivity contribution in [3.63, 3.8) is 0 Å². The number of para-hydroxylation sites is 1. The van der Waals surface area contributed by atoms with Crippen molar-refractivity contribution in [2.75, 3.05) is 6.54 Å². The average Bonchev–Trinajstić information content (AvgIpc) is 2.61. The van der Waals surface area contributed by atoms with Gasteiger partial charge in [-0.2, -0.15) is 0 Å². The molecule has 2 aromatic heterocycles. The number of nitrogens with zero attached hydrogens (tertiary/aromatic N) is 4. The van der Waals surface area contributed by atoms with Gasteiger partial charge in [0, 0.05) is 24.8 Å². The second-order valence-electron chi connectivity index (χ2n) is 5.62. The predicted molar refractivity (Wildman–Crippen MR) is 92.2 cm³/mol. The van der Waals surface area contributed by atoms with E-state index in [4.69, 9.17) is 0 Å². The van der Waals surface area contributed by atoms with Crippen LogP contribution in [0.3, 0.4) is 0 Å². The monoisotopic (exact) mass is 339 g/mol. The number of nitrogens with one attached hydrogen (secondary N) is 1. The molecule has 0 aliphatic rings. The molecule has 0 saturated heterocycles. The van der Waals surface area contributed by atoms with Crippen LogP contribution in [0.4, 0.5) is 0 Å². The van der Waals surface area contributed by atoms with Crippen LogP contribution in [0.5, 0.6) is 0 Å². The molecule has 3 aromatic rings. The quantitative estimate of drug-likeness (QED) is 0.710. The average molecular weight is 339 g/mol. The first-order valence-corrected chi connectivity index (χ1v) is 7.78. The molecule has 25 heavy (non-hydrogen) atoms. The molecule has 1 aromatic carbocycles. The summed E-state index contributed by atoms with van der Waals surface area (Å²) in [6.45, 7) is 2.13. The Balaban J connectivity index is 1.63. The standard InChI is InChI=1S/C17H17N5O3/c1-12-8-18-10-21(16(12)24)7-6-19-15(23)9-22-11-20-14-5-3-2-4-13(14)17(22)25/h2-5,8,10-11H,6-7,9H2,1H3,(H,19,23). The van der Waals surface area contributed by atoms with Crippen LogP contribution in [0, 0.1) is 6.92 Å². The molecule has 0 bridgehead atoms. The van der Waals surface area contributed by atoms with Gasteiger partial charge in [-0.3, -0.25) is 23.5 Å². The Hall–Kier alpha value is -3.29. The Morgan fingerprint density at radius 3 is 2.76 bits per heavy atom. The maximum absolute atomic E-state index is 12.3. The minimum Gasteiger partial charge on any atom is -0.353 e. The zero-order valence-corrected chi connectivity index (χ0v) is 13.7. The van der Waals surface area contributed by atoms with Crippen molar-refractivity contribution >= 4 is 16.8 Å². The van der Waals surface area contributed by atoms with E-state index in [2.05, 4.69) is 15.3 Å². The summed E-state index contributed by atoms with van der Waals surface area (Å²) in [5, 5.41) is 3.16. The zero-order chi connectivity index (χ0) is 17.8. The summed E-state index contributed by atoms with van der Waals surface area (Å²) in [6, 6.07) is 6.97. The highest BCUT2D eigenvalue weighted by atomic mass is 16.2. The predicted octanol–water partition coefficient (Wildman–Crippen LogP) is 0.0780. The third-order valence-corrected chi connectivity index (χ3v) is 3.79. The molecule has 0 radical (unpaired) electrons. The number of aryl methyl sites for hydroxylation is 1. The molecule has 8 heteroatoms. The maximum atomic E-state index is 12.3. The number of hydrogen-bond donors (Lipinski definition) is 1. The third kappa shape index (κ3) is 3.63. The number of carbonyl (C=O) groups excluding carboxylic acids is 1. The molecule has 0 aliphatic heterocycles. The van der Waals surface area contributed by atoms with E-state index in [1.54, 1.807) is 31.2 Å². The molecule has 0 unspecified atom stereocenters. The molecule has 0 spiro atoms. The summed E-state index contributed by atoms with van der Waals surface area (Å²) in [7, 11) is 0. The summed E-state index contributed by atoms with van der Waals surface area (Å²) in [5.41, 5.74) is 0.733. The number of hydrogen-bond acceptors (Lipinski definition) is 5. The van der Waals surface area contributed by atoms with Gasteiger partial charge in [0.05, 0.1) is 23.6 Å². The van der Waals surface area contributed by atoms with Crippen LogP contribution in [0.2, 0.25) is 0 Å². The second kappa shape index (κ2) is 7.08. The van der Waals surface area contributed by atoms with Gasteiger partial charge < -0.3 is 5.32 Å². The molecule has 0 atom stereocenters. The second-order valence-corrected chi connectivity index (χ2v) is 5.62. The lowest BCUT2D eigenvalue weighted by molar-refractivity contribution is -0.121. The zero-order valence-electron chi connectivity index (χ0n) is 13.7. The van der Waals surface area contributed by atoms with E-state index in [1.807, 2.05) is 0 Å². The Bertz CT molecular complexity index is 1040. The smallest absolute Gasteiger partial charge is 0.261 e. The van der Waals surface area contributed by atoms with E-state index >= 15 is 0 Å². The molecule has 1 N–H and O–H groups in total. The Morgan fingerprint density at radius 1 is 1.12 bits per heavy atom. The Kier molecular flexibility index (Phi) is 4.69. The molecule has 3 rings (SSSR count). The van der Waals surface area contributed by atoms with Gasteiger partial charge in [0.25, 0.3) is 11.1 Å². The highest BCUT2D eigenvalue weighted by molar-refractivity contribution is 5.78. The summed E-state index contributed by atoms with van der Waals surface area (Å²) in [5.74, 6) is -0.326. The fourth-order valence-electron chi connectivity index (χ4n) is 2.46. The van der Waals surface area contributed by atoms with Crippen LogP contribution >= 0.6 is 0 Å². The van der Waals surface area contributed by atoms with Gasteiger partial charge >= 0.3 is 0 Å². The highest BCUT2D eigenvalue weighted by Gasteiger charge is 2.08.